The summed E-state index contributed by atoms with van der Waals surface area (Å²) in [5.74, 6) is 0.122. The van der Waals surface area contributed by atoms with Crippen molar-refractivity contribution >= 4 is 9.84 Å². The lowest BCUT2D eigenvalue weighted by molar-refractivity contribution is 0.434. The van der Waals surface area contributed by atoms with Crippen LogP contribution in [0.5, 0.6) is 0 Å². The minimum atomic E-state index is -2.96. The van der Waals surface area contributed by atoms with Crippen LogP contribution in [0.15, 0.2) is 24.3 Å². The van der Waals surface area contributed by atoms with Crippen LogP contribution in [0.2, 0.25) is 0 Å². The summed E-state index contributed by atoms with van der Waals surface area (Å²) in [6.45, 7) is 3.21. The fraction of sp³-hybridized carbons (Fsp3) is 0.538. The molecule has 1 saturated heterocycles. The van der Waals surface area contributed by atoms with Crippen molar-refractivity contribution in [3.63, 3.8) is 0 Å². The van der Waals surface area contributed by atoms with Gasteiger partial charge in [-0.25, -0.2) is 8.42 Å². The average molecular weight is 253 g/mol. The first-order chi connectivity index (χ1) is 7.89. The Morgan fingerprint density at radius 1 is 1.41 bits per heavy atom. The monoisotopic (exact) mass is 253 g/mol. The number of rotatable bonds is 3. The van der Waals surface area contributed by atoms with Crippen LogP contribution in [-0.4, -0.2) is 21.2 Å². The lowest BCUT2D eigenvalue weighted by Crippen LogP contribution is -2.33. The Morgan fingerprint density at radius 3 is 2.76 bits per heavy atom. The lowest BCUT2D eigenvalue weighted by Gasteiger charge is -2.25. The van der Waals surface area contributed by atoms with Gasteiger partial charge in [0, 0.05) is 11.8 Å². The highest BCUT2D eigenvalue weighted by Crippen LogP contribution is 2.30. The normalized spacial score (nSPS) is 25.1. The molecule has 1 aromatic rings. The number of benzene rings is 1. The molecule has 0 aromatic heterocycles. The molecular weight excluding hydrogens is 234 g/mol. The molecule has 17 heavy (non-hydrogen) atoms. The molecule has 0 spiro atoms. The second kappa shape index (κ2) is 4.42. The maximum Gasteiger partial charge on any atom is 0.151 e. The van der Waals surface area contributed by atoms with Crippen LogP contribution >= 0.6 is 0 Å². The minimum absolute atomic E-state index is 0.00745. The quantitative estimate of drug-likeness (QED) is 0.894. The van der Waals surface area contributed by atoms with Crippen LogP contribution in [0.25, 0.3) is 0 Å². The van der Waals surface area contributed by atoms with E-state index in [1.807, 2.05) is 18.2 Å². The first-order valence-corrected chi connectivity index (χ1v) is 7.97. The Kier molecular flexibility index (Phi) is 3.27. The molecule has 0 amide bonds. The molecule has 0 saturated carbocycles. The molecule has 1 aliphatic heterocycles. The van der Waals surface area contributed by atoms with Crippen LogP contribution in [0.3, 0.4) is 0 Å². The van der Waals surface area contributed by atoms with E-state index in [-0.39, 0.29) is 11.3 Å². The third-order valence-corrected chi connectivity index (χ3v) is 4.22. The largest absolute Gasteiger partial charge is 0.308 e. The predicted octanol–water partition coefficient (Wildman–Crippen LogP) is 1.83. The van der Waals surface area contributed by atoms with Crippen LogP contribution in [0.1, 0.15) is 30.9 Å². The van der Waals surface area contributed by atoms with Gasteiger partial charge < -0.3 is 5.32 Å². The highest BCUT2D eigenvalue weighted by molar-refractivity contribution is 7.89. The summed E-state index contributed by atoms with van der Waals surface area (Å²) < 4.78 is 22.6. The van der Waals surface area contributed by atoms with Crippen LogP contribution < -0.4 is 5.32 Å². The standard InChI is InChI=1S/C13H19NO2S/c1-13(7-4-8-14-13)12-6-3-5-11(9-12)10-17(2,15)16/h3,5-6,9,14H,4,7-8,10H2,1-2H3. The van der Waals surface area contributed by atoms with Gasteiger partial charge in [0.1, 0.15) is 0 Å². The molecular formula is C13H19NO2S. The first kappa shape index (κ1) is 12.6. The van der Waals surface area contributed by atoms with E-state index in [1.54, 1.807) is 0 Å². The van der Waals surface area contributed by atoms with Gasteiger partial charge in [0.25, 0.3) is 0 Å². The van der Waals surface area contributed by atoms with Crippen molar-refractivity contribution in [2.75, 3.05) is 12.8 Å². The second-order valence-electron chi connectivity index (χ2n) is 5.13. The van der Waals surface area contributed by atoms with E-state index in [0.29, 0.717) is 0 Å². The summed E-state index contributed by atoms with van der Waals surface area (Å²) in [4.78, 5) is 0. The number of hydrogen-bond donors (Lipinski definition) is 1. The van der Waals surface area contributed by atoms with Crippen molar-refractivity contribution < 1.29 is 8.42 Å². The molecule has 1 N–H and O–H groups in total. The van der Waals surface area contributed by atoms with E-state index in [2.05, 4.69) is 18.3 Å². The van der Waals surface area contributed by atoms with Crippen molar-refractivity contribution in [2.45, 2.75) is 31.1 Å². The van der Waals surface area contributed by atoms with Crippen LogP contribution in [0.4, 0.5) is 0 Å². The second-order valence-corrected chi connectivity index (χ2v) is 7.27. The number of hydrogen-bond acceptors (Lipinski definition) is 3. The topological polar surface area (TPSA) is 46.2 Å². The molecule has 1 aromatic carbocycles. The van der Waals surface area contributed by atoms with Crippen molar-refractivity contribution in [2.24, 2.45) is 0 Å². The summed E-state index contributed by atoms with van der Waals surface area (Å²) in [5.41, 5.74) is 2.07. The van der Waals surface area contributed by atoms with Gasteiger partial charge in [-0.05, 0) is 37.4 Å². The Labute approximate surface area is 103 Å². The van der Waals surface area contributed by atoms with Crippen molar-refractivity contribution in [3.05, 3.63) is 35.4 Å². The van der Waals surface area contributed by atoms with Gasteiger partial charge in [-0.15, -0.1) is 0 Å². The van der Waals surface area contributed by atoms with Gasteiger partial charge in [-0.3, -0.25) is 0 Å². The maximum absolute atomic E-state index is 11.3. The van der Waals surface area contributed by atoms with Crippen molar-refractivity contribution in [3.8, 4) is 0 Å². The maximum atomic E-state index is 11.3. The van der Waals surface area contributed by atoms with E-state index < -0.39 is 9.84 Å². The molecule has 0 bridgehead atoms. The molecule has 1 aliphatic rings. The summed E-state index contributed by atoms with van der Waals surface area (Å²) in [6.07, 6.45) is 3.55. The van der Waals surface area contributed by atoms with Crippen LogP contribution in [0, 0.1) is 0 Å². The molecule has 2 rings (SSSR count). The fourth-order valence-electron chi connectivity index (χ4n) is 2.45. The van der Waals surface area contributed by atoms with Gasteiger partial charge in [0.2, 0.25) is 0 Å². The van der Waals surface area contributed by atoms with Crippen LogP contribution in [-0.2, 0) is 21.1 Å². The highest BCUT2D eigenvalue weighted by Gasteiger charge is 2.29. The third-order valence-electron chi connectivity index (χ3n) is 3.36. The predicted molar refractivity (Wildman–Crippen MR) is 69.6 cm³/mol. The summed E-state index contributed by atoms with van der Waals surface area (Å²) in [7, 11) is -2.96. The number of nitrogens with one attached hydrogen (secondary N) is 1. The van der Waals surface area contributed by atoms with Gasteiger partial charge in [0.05, 0.1) is 5.75 Å². The van der Waals surface area contributed by atoms with E-state index >= 15 is 0 Å². The molecule has 1 heterocycles. The smallest absolute Gasteiger partial charge is 0.151 e. The van der Waals surface area contributed by atoms with E-state index in [4.69, 9.17) is 0 Å². The van der Waals surface area contributed by atoms with Gasteiger partial charge >= 0.3 is 0 Å². The van der Waals surface area contributed by atoms with Crippen molar-refractivity contribution in [1.82, 2.24) is 5.32 Å². The molecule has 1 unspecified atom stereocenters. The van der Waals surface area contributed by atoms with Gasteiger partial charge in [-0.2, -0.15) is 0 Å². The van der Waals surface area contributed by atoms with E-state index in [9.17, 15) is 8.42 Å². The molecule has 0 aliphatic carbocycles. The Balaban J connectivity index is 2.28. The summed E-state index contributed by atoms with van der Waals surface area (Å²) >= 11 is 0. The zero-order chi connectivity index (χ0) is 12.5. The van der Waals surface area contributed by atoms with Crippen molar-refractivity contribution in [1.29, 1.82) is 0 Å². The molecule has 94 valence electrons. The molecule has 1 fully saturated rings. The molecule has 0 radical (unpaired) electrons. The fourth-order valence-corrected chi connectivity index (χ4v) is 3.23. The molecule has 4 heteroatoms. The summed E-state index contributed by atoms with van der Waals surface area (Å²) in [6, 6.07) is 7.91. The Bertz CT molecular complexity index is 502. The Morgan fingerprint density at radius 2 is 2.18 bits per heavy atom. The third kappa shape index (κ3) is 3.07. The molecule has 1 atom stereocenters. The minimum Gasteiger partial charge on any atom is -0.308 e. The first-order valence-electron chi connectivity index (χ1n) is 5.91. The SMILES string of the molecule is CC1(c2cccc(CS(C)(=O)=O)c2)CCCN1. The van der Waals surface area contributed by atoms with Gasteiger partial charge in [-0.1, -0.05) is 24.3 Å². The highest BCUT2D eigenvalue weighted by atomic mass is 32.2. The molecule has 3 nitrogen and oxygen atoms in total. The lowest BCUT2D eigenvalue weighted by atomic mass is 9.90. The van der Waals surface area contributed by atoms with E-state index in [0.717, 1.165) is 18.5 Å². The zero-order valence-corrected chi connectivity index (χ0v) is 11.2. The van der Waals surface area contributed by atoms with Gasteiger partial charge in [0.15, 0.2) is 9.84 Å². The van der Waals surface area contributed by atoms with E-state index in [1.165, 1.54) is 18.2 Å². The summed E-state index contributed by atoms with van der Waals surface area (Å²) in [5, 5.41) is 3.49. The zero-order valence-electron chi connectivity index (χ0n) is 10.4. The number of sulfone groups is 1. The average Bonchev–Trinajstić information content (AvgIpc) is 2.64. The Hall–Kier alpha value is -0.870.